The fraction of sp³-hybridized carbons (Fsp3) is 0. The smallest absolute Gasteiger partial charge is 0.375 e. The predicted octanol–water partition coefficient (Wildman–Crippen LogP) is -1.31. The second kappa shape index (κ2) is 1.73. The average Bonchev–Trinajstić information content (AvgIpc) is 2.13. The number of aromatic carboxylic acids is 1. The Bertz CT molecular complexity index is 229. The molecule has 0 aliphatic carbocycles. The summed E-state index contributed by atoms with van der Waals surface area (Å²) in [6, 6.07) is 0. The molecule has 0 unspecified atom stereocenters. The molecule has 6 nitrogen and oxygen atoms in total. The lowest BCUT2D eigenvalue weighted by molar-refractivity contribution is 0.0679. The number of aromatic nitrogens is 3. The van der Waals surface area contributed by atoms with Crippen molar-refractivity contribution in [2.24, 2.45) is 0 Å². The van der Waals surface area contributed by atoms with Gasteiger partial charge in [-0.2, -0.15) is 4.79 Å². The standard InChI is InChI=1S/C3H4N4O2/c4-7-2(3(8)9)5-1-6-7/h1H,4H2,(H,8,9). The van der Waals surface area contributed by atoms with Gasteiger partial charge in [0.1, 0.15) is 6.33 Å². The van der Waals surface area contributed by atoms with Crippen LogP contribution in [0.15, 0.2) is 6.33 Å². The SMILES string of the molecule is Nn1ncnc1C(=O)O. The highest BCUT2D eigenvalue weighted by molar-refractivity contribution is 5.83. The van der Waals surface area contributed by atoms with E-state index in [4.69, 9.17) is 10.9 Å². The Hall–Kier alpha value is -1.59. The lowest BCUT2D eigenvalue weighted by Crippen LogP contribution is -2.17. The molecule has 0 radical (unpaired) electrons. The summed E-state index contributed by atoms with van der Waals surface area (Å²) in [7, 11) is 0. The van der Waals surface area contributed by atoms with Crippen LogP contribution in [0.2, 0.25) is 0 Å². The first-order valence-electron chi connectivity index (χ1n) is 2.10. The molecule has 3 N–H and O–H groups in total. The molecular formula is C3H4N4O2. The van der Waals surface area contributed by atoms with Crippen LogP contribution in [-0.4, -0.2) is 25.9 Å². The average molecular weight is 128 g/mol. The fourth-order valence-corrected chi connectivity index (χ4v) is 0.403. The molecule has 0 saturated carbocycles. The minimum Gasteiger partial charge on any atom is -0.475 e. The zero-order valence-electron chi connectivity index (χ0n) is 4.35. The summed E-state index contributed by atoms with van der Waals surface area (Å²) in [5, 5.41) is 11.6. The third-order valence-corrected chi connectivity index (χ3v) is 0.764. The molecule has 6 heteroatoms. The Morgan fingerprint density at radius 1 is 1.89 bits per heavy atom. The topological polar surface area (TPSA) is 94.0 Å². The maximum atomic E-state index is 10.1. The Morgan fingerprint density at radius 2 is 2.56 bits per heavy atom. The molecule has 0 spiro atoms. The highest BCUT2D eigenvalue weighted by atomic mass is 16.4. The molecule has 0 atom stereocenters. The van der Waals surface area contributed by atoms with Gasteiger partial charge in [-0.05, 0) is 0 Å². The number of hydrogen-bond acceptors (Lipinski definition) is 4. The molecule has 1 heterocycles. The van der Waals surface area contributed by atoms with E-state index in [0.717, 1.165) is 6.33 Å². The summed E-state index contributed by atoms with van der Waals surface area (Å²) >= 11 is 0. The molecule has 0 fully saturated rings. The Morgan fingerprint density at radius 3 is 2.78 bits per heavy atom. The van der Waals surface area contributed by atoms with Crippen molar-refractivity contribution in [3.63, 3.8) is 0 Å². The van der Waals surface area contributed by atoms with Gasteiger partial charge in [-0.1, -0.05) is 0 Å². The van der Waals surface area contributed by atoms with Gasteiger partial charge in [-0.25, -0.2) is 9.78 Å². The van der Waals surface area contributed by atoms with Gasteiger partial charge in [-0.15, -0.1) is 5.10 Å². The lowest BCUT2D eigenvalue weighted by atomic mass is 10.6. The maximum absolute atomic E-state index is 10.1. The van der Waals surface area contributed by atoms with Gasteiger partial charge in [0, 0.05) is 0 Å². The van der Waals surface area contributed by atoms with Gasteiger partial charge >= 0.3 is 5.97 Å². The summed E-state index contributed by atoms with van der Waals surface area (Å²) < 4.78 is 0. The van der Waals surface area contributed by atoms with Crippen molar-refractivity contribution in [1.29, 1.82) is 0 Å². The summed E-state index contributed by atoms with van der Waals surface area (Å²) in [6.45, 7) is 0. The normalized spacial score (nSPS) is 9.33. The fourth-order valence-electron chi connectivity index (χ4n) is 0.403. The van der Waals surface area contributed by atoms with E-state index in [2.05, 4.69) is 10.1 Å². The summed E-state index contributed by atoms with van der Waals surface area (Å²) in [6.07, 6.45) is 1.07. The minimum atomic E-state index is -1.19. The second-order valence-electron chi connectivity index (χ2n) is 1.33. The number of nitrogens with zero attached hydrogens (tertiary/aromatic N) is 3. The predicted molar refractivity (Wildman–Crippen MR) is 27.1 cm³/mol. The Kier molecular flexibility index (Phi) is 1.07. The monoisotopic (exact) mass is 128 g/mol. The van der Waals surface area contributed by atoms with Crippen LogP contribution in [0.4, 0.5) is 0 Å². The second-order valence-corrected chi connectivity index (χ2v) is 1.33. The van der Waals surface area contributed by atoms with Crippen LogP contribution >= 0.6 is 0 Å². The van der Waals surface area contributed by atoms with Crippen LogP contribution in [-0.2, 0) is 0 Å². The van der Waals surface area contributed by atoms with Crippen molar-refractivity contribution >= 4 is 5.97 Å². The van der Waals surface area contributed by atoms with Gasteiger partial charge in [0.2, 0.25) is 0 Å². The van der Waals surface area contributed by atoms with E-state index in [-0.39, 0.29) is 5.82 Å². The Labute approximate surface area is 49.9 Å². The van der Waals surface area contributed by atoms with E-state index >= 15 is 0 Å². The zero-order chi connectivity index (χ0) is 6.85. The number of carbonyl (C=O) groups is 1. The number of nitrogen functional groups attached to an aromatic ring is 1. The van der Waals surface area contributed by atoms with Gasteiger partial charge in [0.15, 0.2) is 0 Å². The van der Waals surface area contributed by atoms with Crippen LogP contribution in [0, 0.1) is 0 Å². The first-order valence-corrected chi connectivity index (χ1v) is 2.10. The van der Waals surface area contributed by atoms with Crippen LogP contribution in [0.5, 0.6) is 0 Å². The Balaban J connectivity index is 3.08. The van der Waals surface area contributed by atoms with Gasteiger partial charge in [0.25, 0.3) is 5.82 Å². The van der Waals surface area contributed by atoms with E-state index in [9.17, 15) is 4.79 Å². The van der Waals surface area contributed by atoms with Crippen LogP contribution in [0.3, 0.4) is 0 Å². The maximum Gasteiger partial charge on any atom is 0.375 e. The molecule has 0 aliphatic rings. The molecule has 1 rings (SSSR count). The number of carboxylic acid groups (broad SMARTS) is 1. The lowest BCUT2D eigenvalue weighted by Gasteiger charge is -1.88. The third-order valence-electron chi connectivity index (χ3n) is 0.764. The number of carboxylic acids is 1. The summed E-state index contributed by atoms with van der Waals surface area (Å²) in [5.74, 6) is 3.55. The van der Waals surface area contributed by atoms with E-state index in [1.165, 1.54) is 0 Å². The molecule has 0 saturated heterocycles. The molecule has 0 aliphatic heterocycles. The van der Waals surface area contributed by atoms with Crippen molar-refractivity contribution in [2.75, 3.05) is 5.84 Å². The number of rotatable bonds is 1. The van der Waals surface area contributed by atoms with Gasteiger partial charge in [-0.3, -0.25) is 0 Å². The van der Waals surface area contributed by atoms with Crippen molar-refractivity contribution in [2.45, 2.75) is 0 Å². The molecule has 0 bridgehead atoms. The molecule has 9 heavy (non-hydrogen) atoms. The van der Waals surface area contributed by atoms with Crippen molar-refractivity contribution in [3.05, 3.63) is 12.2 Å². The zero-order valence-corrected chi connectivity index (χ0v) is 4.35. The summed E-state index contributed by atoms with van der Waals surface area (Å²) in [4.78, 5) is 14.1. The van der Waals surface area contributed by atoms with Crippen molar-refractivity contribution in [1.82, 2.24) is 14.9 Å². The molecular weight excluding hydrogens is 124 g/mol. The largest absolute Gasteiger partial charge is 0.475 e. The van der Waals surface area contributed by atoms with E-state index in [0.29, 0.717) is 4.79 Å². The van der Waals surface area contributed by atoms with Crippen LogP contribution < -0.4 is 5.84 Å². The summed E-state index contributed by atoms with van der Waals surface area (Å²) in [5.41, 5.74) is 0. The van der Waals surface area contributed by atoms with Crippen LogP contribution in [0.25, 0.3) is 0 Å². The highest BCUT2D eigenvalue weighted by Gasteiger charge is 2.08. The van der Waals surface area contributed by atoms with Gasteiger partial charge in [0.05, 0.1) is 0 Å². The highest BCUT2D eigenvalue weighted by Crippen LogP contribution is 1.85. The van der Waals surface area contributed by atoms with Crippen molar-refractivity contribution < 1.29 is 9.90 Å². The number of hydrogen-bond donors (Lipinski definition) is 2. The molecule has 0 aromatic carbocycles. The van der Waals surface area contributed by atoms with Gasteiger partial charge < -0.3 is 10.9 Å². The molecule has 48 valence electrons. The van der Waals surface area contributed by atoms with Crippen LogP contribution in [0.1, 0.15) is 10.6 Å². The quantitative estimate of drug-likeness (QED) is 0.458. The van der Waals surface area contributed by atoms with E-state index in [1.54, 1.807) is 0 Å². The minimum absolute atomic E-state index is 0.269. The first kappa shape index (κ1) is 5.54. The van der Waals surface area contributed by atoms with E-state index in [1.807, 2.05) is 0 Å². The number of nitrogens with two attached hydrogens (primary N) is 1. The first-order chi connectivity index (χ1) is 4.22. The molecule has 1 aromatic heterocycles. The van der Waals surface area contributed by atoms with Crippen molar-refractivity contribution in [3.8, 4) is 0 Å². The molecule has 1 aromatic rings. The third kappa shape index (κ3) is 0.809. The molecule has 0 amide bonds. The van der Waals surface area contributed by atoms with E-state index < -0.39 is 5.97 Å².